The van der Waals surface area contributed by atoms with Crippen LogP contribution in [0.1, 0.15) is 34.3 Å². The molecule has 5 nitrogen and oxygen atoms in total. The Morgan fingerprint density at radius 3 is 2.79 bits per heavy atom. The third-order valence-corrected chi connectivity index (χ3v) is 2.50. The van der Waals surface area contributed by atoms with Gasteiger partial charge in [0.05, 0.1) is 18.2 Å². The van der Waals surface area contributed by atoms with Gasteiger partial charge in [-0.15, -0.1) is 0 Å². The van der Waals surface area contributed by atoms with Gasteiger partial charge in [0, 0.05) is 12.5 Å². The zero-order valence-electron chi connectivity index (χ0n) is 10.4. The number of carbonyl (C=O) groups excluding carboxylic acids is 1. The molecule has 0 bridgehead atoms. The fourth-order valence-corrected chi connectivity index (χ4v) is 1.60. The minimum absolute atomic E-state index is 0.172. The predicted molar refractivity (Wildman–Crippen MR) is 66.4 cm³/mol. The normalized spacial score (nSPS) is 9.89. The molecule has 1 aromatic heterocycles. The summed E-state index contributed by atoms with van der Waals surface area (Å²) in [6.45, 7) is 2.03. The number of hydrogen-bond donors (Lipinski definition) is 0. The van der Waals surface area contributed by atoms with Crippen LogP contribution in [0.2, 0.25) is 0 Å². The first-order chi connectivity index (χ1) is 9.22. The van der Waals surface area contributed by atoms with Crippen LogP contribution in [0, 0.1) is 11.3 Å². The molecule has 0 atom stereocenters. The topological polar surface area (TPSA) is 76.1 Å². The molecular weight excluding hydrogens is 244 g/mol. The van der Waals surface area contributed by atoms with Crippen molar-refractivity contribution < 1.29 is 14.1 Å². The summed E-state index contributed by atoms with van der Waals surface area (Å²) in [7, 11) is 0. The molecule has 0 amide bonds. The second kappa shape index (κ2) is 5.83. The summed E-state index contributed by atoms with van der Waals surface area (Å²) in [5.41, 5.74) is 1.75. The molecule has 0 unspecified atom stereocenters. The Hall–Kier alpha value is -2.61. The Morgan fingerprint density at radius 2 is 2.16 bits per heavy atom. The van der Waals surface area contributed by atoms with E-state index in [0.29, 0.717) is 24.4 Å². The third kappa shape index (κ3) is 3.19. The van der Waals surface area contributed by atoms with Crippen LogP contribution in [0.25, 0.3) is 0 Å². The molecule has 2 aromatic rings. The number of nitrogens with zero attached hydrogens (tertiary/aromatic N) is 2. The second-order valence-corrected chi connectivity index (χ2v) is 3.88. The van der Waals surface area contributed by atoms with Gasteiger partial charge < -0.3 is 9.26 Å². The summed E-state index contributed by atoms with van der Waals surface area (Å²) in [4.78, 5) is 11.4. The lowest BCUT2D eigenvalue weighted by Crippen LogP contribution is -2.04. The number of ether oxygens (including phenoxy) is 1. The van der Waals surface area contributed by atoms with E-state index in [1.165, 1.54) is 0 Å². The van der Waals surface area contributed by atoms with Crippen LogP contribution < -0.4 is 0 Å². The first-order valence-corrected chi connectivity index (χ1v) is 5.84. The van der Waals surface area contributed by atoms with Gasteiger partial charge in [0.1, 0.15) is 5.76 Å². The number of benzene rings is 1. The molecule has 0 saturated heterocycles. The molecule has 1 aromatic carbocycles. The number of carbonyl (C=O) groups is 1. The molecule has 0 radical (unpaired) electrons. The lowest BCUT2D eigenvalue weighted by Gasteiger charge is -1.96. The van der Waals surface area contributed by atoms with Crippen molar-refractivity contribution in [2.45, 2.75) is 13.3 Å². The first kappa shape index (κ1) is 12.8. The van der Waals surface area contributed by atoms with E-state index in [-0.39, 0.29) is 5.69 Å². The summed E-state index contributed by atoms with van der Waals surface area (Å²) < 4.78 is 9.90. The lowest BCUT2D eigenvalue weighted by molar-refractivity contribution is 0.0514. The van der Waals surface area contributed by atoms with Crippen molar-refractivity contribution in [2.24, 2.45) is 0 Å². The third-order valence-electron chi connectivity index (χ3n) is 2.50. The number of aromatic nitrogens is 1. The number of hydrogen-bond acceptors (Lipinski definition) is 5. The molecule has 0 spiro atoms. The molecule has 2 rings (SSSR count). The maximum absolute atomic E-state index is 11.4. The smallest absolute Gasteiger partial charge is 0.360 e. The van der Waals surface area contributed by atoms with Gasteiger partial charge in [0.25, 0.3) is 0 Å². The Kier molecular flexibility index (Phi) is 3.94. The maximum atomic E-state index is 11.4. The zero-order valence-corrected chi connectivity index (χ0v) is 10.4. The minimum atomic E-state index is -0.489. The fraction of sp³-hybridized carbons (Fsp3) is 0.214. The molecule has 96 valence electrons. The zero-order chi connectivity index (χ0) is 13.7. The van der Waals surface area contributed by atoms with E-state index in [9.17, 15) is 4.79 Å². The molecule has 0 fully saturated rings. The highest BCUT2D eigenvalue weighted by Crippen LogP contribution is 2.12. The van der Waals surface area contributed by atoms with E-state index in [1.54, 1.807) is 25.1 Å². The van der Waals surface area contributed by atoms with Crippen molar-refractivity contribution in [3.8, 4) is 6.07 Å². The van der Waals surface area contributed by atoms with Crippen LogP contribution in [0.5, 0.6) is 0 Å². The van der Waals surface area contributed by atoms with E-state index in [0.717, 1.165) is 5.56 Å². The Balaban J connectivity index is 2.07. The van der Waals surface area contributed by atoms with Gasteiger partial charge in [-0.3, -0.25) is 0 Å². The molecule has 0 saturated carbocycles. The van der Waals surface area contributed by atoms with Crippen molar-refractivity contribution >= 4 is 5.97 Å². The lowest BCUT2D eigenvalue weighted by atomic mass is 10.1. The van der Waals surface area contributed by atoms with Crippen LogP contribution in [0.3, 0.4) is 0 Å². The van der Waals surface area contributed by atoms with Crippen molar-refractivity contribution in [3.63, 3.8) is 0 Å². The Morgan fingerprint density at radius 1 is 1.42 bits per heavy atom. The SMILES string of the molecule is CCOC(=O)c1cc(Cc2ccc(C#N)cc2)on1. The highest BCUT2D eigenvalue weighted by atomic mass is 16.5. The van der Waals surface area contributed by atoms with Gasteiger partial charge in [-0.05, 0) is 24.6 Å². The van der Waals surface area contributed by atoms with Gasteiger partial charge in [0.2, 0.25) is 0 Å². The minimum Gasteiger partial charge on any atom is -0.461 e. The number of nitriles is 1. The summed E-state index contributed by atoms with van der Waals surface area (Å²) in [5, 5.41) is 12.4. The molecule has 0 aliphatic rings. The molecular formula is C14H12N2O3. The molecule has 19 heavy (non-hydrogen) atoms. The van der Waals surface area contributed by atoms with Crippen LogP contribution >= 0.6 is 0 Å². The standard InChI is InChI=1S/C14H12N2O3/c1-2-18-14(17)13-8-12(19-16-13)7-10-3-5-11(9-15)6-4-10/h3-6,8H,2,7H2,1H3. The first-order valence-electron chi connectivity index (χ1n) is 5.84. The van der Waals surface area contributed by atoms with E-state index in [1.807, 2.05) is 12.1 Å². The van der Waals surface area contributed by atoms with Gasteiger partial charge in [0.15, 0.2) is 5.69 Å². The molecule has 0 aliphatic carbocycles. The van der Waals surface area contributed by atoms with Crippen LogP contribution in [0.4, 0.5) is 0 Å². The second-order valence-electron chi connectivity index (χ2n) is 3.88. The van der Waals surface area contributed by atoms with Crippen LogP contribution in [-0.4, -0.2) is 17.7 Å². The van der Waals surface area contributed by atoms with Crippen molar-refractivity contribution in [2.75, 3.05) is 6.61 Å². The number of esters is 1. The van der Waals surface area contributed by atoms with Crippen LogP contribution in [-0.2, 0) is 11.2 Å². The average Bonchev–Trinajstić information content (AvgIpc) is 2.88. The van der Waals surface area contributed by atoms with Crippen molar-refractivity contribution in [3.05, 3.63) is 52.9 Å². The van der Waals surface area contributed by atoms with E-state index < -0.39 is 5.97 Å². The van der Waals surface area contributed by atoms with Gasteiger partial charge in [-0.1, -0.05) is 17.3 Å². The van der Waals surface area contributed by atoms with Crippen molar-refractivity contribution in [1.29, 1.82) is 5.26 Å². The molecule has 0 aliphatic heterocycles. The van der Waals surface area contributed by atoms with Gasteiger partial charge in [-0.2, -0.15) is 5.26 Å². The fourth-order valence-electron chi connectivity index (χ4n) is 1.60. The highest BCUT2D eigenvalue weighted by Gasteiger charge is 2.13. The van der Waals surface area contributed by atoms with Crippen molar-refractivity contribution in [1.82, 2.24) is 5.16 Å². The highest BCUT2D eigenvalue weighted by molar-refractivity contribution is 5.87. The monoisotopic (exact) mass is 256 g/mol. The van der Waals surface area contributed by atoms with E-state index >= 15 is 0 Å². The summed E-state index contributed by atoms with van der Waals surface area (Å²) >= 11 is 0. The Labute approximate surface area is 110 Å². The molecule has 5 heteroatoms. The van der Waals surface area contributed by atoms with Gasteiger partial charge >= 0.3 is 5.97 Å². The molecule has 1 heterocycles. The molecule has 0 N–H and O–H groups in total. The summed E-state index contributed by atoms with van der Waals surface area (Å²) in [6, 6.07) is 10.8. The van der Waals surface area contributed by atoms with Crippen LogP contribution in [0.15, 0.2) is 34.9 Å². The largest absolute Gasteiger partial charge is 0.461 e. The Bertz CT molecular complexity index is 608. The summed E-state index contributed by atoms with van der Waals surface area (Å²) in [5.74, 6) is 0.0880. The van der Waals surface area contributed by atoms with E-state index in [2.05, 4.69) is 11.2 Å². The van der Waals surface area contributed by atoms with E-state index in [4.69, 9.17) is 14.5 Å². The average molecular weight is 256 g/mol. The quantitative estimate of drug-likeness (QED) is 0.784. The van der Waals surface area contributed by atoms with Gasteiger partial charge in [-0.25, -0.2) is 4.79 Å². The summed E-state index contributed by atoms with van der Waals surface area (Å²) in [6.07, 6.45) is 0.512. The predicted octanol–water partition coefficient (Wildman–Crippen LogP) is 2.31. The number of rotatable bonds is 4. The maximum Gasteiger partial charge on any atom is 0.360 e.